The maximum absolute atomic E-state index is 12.6. The molecule has 0 fully saturated rings. The molecular formula is C25H33NO4. The highest BCUT2D eigenvalue weighted by Crippen LogP contribution is 2.28. The van der Waals surface area contributed by atoms with Crippen molar-refractivity contribution in [3.8, 4) is 17.2 Å². The number of rotatable bonds is 10. The molecule has 0 aromatic heterocycles. The fourth-order valence-corrected chi connectivity index (χ4v) is 3.92. The topological polar surface area (TPSA) is 56.8 Å². The zero-order valence-corrected chi connectivity index (χ0v) is 18.3. The molecule has 1 aliphatic rings. The van der Waals surface area contributed by atoms with Gasteiger partial charge in [0, 0.05) is 6.54 Å². The molecule has 5 nitrogen and oxygen atoms in total. The Morgan fingerprint density at radius 2 is 1.77 bits per heavy atom. The number of fused-ring (bicyclic) bond motifs is 1. The Morgan fingerprint density at radius 1 is 1.00 bits per heavy atom. The van der Waals surface area contributed by atoms with E-state index < -0.39 is 6.10 Å². The quantitative estimate of drug-likeness (QED) is 0.585. The van der Waals surface area contributed by atoms with Crippen molar-refractivity contribution in [1.82, 2.24) is 5.32 Å². The molecule has 0 unspecified atom stereocenters. The number of carbonyl (C=O) groups excluding carboxylic acids is 1. The van der Waals surface area contributed by atoms with Crippen molar-refractivity contribution in [2.75, 3.05) is 20.8 Å². The first kappa shape index (κ1) is 22.0. The number of amides is 1. The van der Waals surface area contributed by atoms with Crippen LogP contribution in [0.5, 0.6) is 17.2 Å². The third-order valence-electron chi connectivity index (χ3n) is 5.65. The van der Waals surface area contributed by atoms with Crippen LogP contribution in [0.2, 0.25) is 0 Å². The lowest BCUT2D eigenvalue weighted by Crippen LogP contribution is -2.38. The van der Waals surface area contributed by atoms with Crippen LogP contribution in [-0.4, -0.2) is 32.8 Å². The summed E-state index contributed by atoms with van der Waals surface area (Å²) in [5.41, 5.74) is 3.93. The smallest absolute Gasteiger partial charge is 0.261 e. The van der Waals surface area contributed by atoms with Gasteiger partial charge >= 0.3 is 0 Å². The number of methoxy groups -OCH3 is 2. The molecule has 1 N–H and O–H groups in total. The predicted octanol–water partition coefficient (Wildman–Crippen LogP) is 4.49. The van der Waals surface area contributed by atoms with E-state index in [2.05, 4.69) is 17.4 Å². The minimum Gasteiger partial charge on any atom is -0.493 e. The largest absolute Gasteiger partial charge is 0.493 e. The van der Waals surface area contributed by atoms with Gasteiger partial charge in [0.25, 0.3) is 5.91 Å². The standard InChI is InChI=1S/C25H33NO4/c1-4-22(30-21-13-12-19-9-5-6-10-20(19)17-21)25(27)26-15-7-8-18-11-14-23(28-2)24(16-18)29-3/h11-14,16-17,22H,4-10,15H2,1-3H3,(H,26,27)/t22-/m0/s1. The Morgan fingerprint density at radius 3 is 2.50 bits per heavy atom. The molecule has 0 spiro atoms. The highest BCUT2D eigenvalue weighted by molar-refractivity contribution is 5.81. The first-order chi connectivity index (χ1) is 14.6. The van der Waals surface area contributed by atoms with Crippen molar-refractivity contribution in [3.63, 3.8) is 0 Å². The van der Waals surface area contributed by atoms with Gasteiger partial charge in [0.15, 0.2) is 17.6 Å². The van der Waals surface area contributed by atoms with Gasteiger partial charge in [-0.3, -0.25) is 4.79 Å². The molecule has 2 aromatic rings. The second kappa shape index (κ2) is 10.9. The number of carbonyl (C=O) groups is 1. The van der Waals surface area contributed by atoms with Gasteiger partial charge in [0.2, 0.25) is 0 Å². The first-order valence-corrected chi connectivity index (χ1v) is 10.9. The molecule has 5 heteroatoms. The molecular weight excluding hydrogens is 378 g/mol. The minimum absolute atomic E-state index is 0.0532. The molecule has 0 heterocycles. The Bertz CT molecular complexity index is 849. The number of aryl methyl sites for hydroxylation is 3. The Balaban J connectivity index is 1.47. The van der Waals surface area contributed by atoms with Crippen molar-refractivity contribution in [3.05, 3.63) is 53.1 Å². The van der Waals surface area contributed by atoms with Crippen LogP contribution in [0.3, 0.4) is 0 Å². The van der Waals surface area contributed by atoms with E-state index >= 15 is 0 Å². The third-order valence-corrected chi connectivity index (χ3v) is 5.65. The fraction of sp³-hybridized carbons (Fsp3) is 0.480. The second-order valence-electron chi connectivity index (χ2n) is 7.74. The summed E-state index contributed by atoms with van der Waals surface area (Å²) in [6.07, 6.45) is 6.61. The van der Waals surface area contributed by atoms with Gasteiger partial charge in [-0.1, -0.05) is 19.1 Å². The molecule has 2 aromatic carbocycles. The summed E-state index contributed by atoms with van der Waals surface area (Å²) >= 11 is 0. The van der Waals surface area contributed by atoms with Crippen LogP contribution in [0.15, 0.2) is 36.4 Å². The van der Waals surface area contributed by atoms with E-state index in [4.69, 9.17) is 14.2 Å². The van der Waals surface area contributed by atoms with E-state index in [9.17, 15) is 4.79 Å². The average Bonchev–Trinajstić information content (AvgIpc) is 2.79. The SMILES string of the molecule is CC[C@H](Oc1ccc2c(c1)CCCC2)C(=O)NCCCc1ccc(OC)c(OC)c1. The Kier molecular flexibility index (Phi) is 8.00. The van der Waals surface area contributed by atoms with E-state index in [1.54, 1.807) is 14.2 Å². The number of hydrogen-bond donors (Lipinski definition) is 1. The van der Waals surface area contributed by atoms with Crippen LogP contribution >= 0.6 is 0 Å². The van der Waals surface area contributed by atoms with Crippen LogP contribution < -0.4 is 19.5 Å². The van der Waals surface area contributed by atoms with Crippen molar-refractivity contribution < 1.29 is 19.0 Å². The van der Waals surface area contributed by atoms with Crippen molar-refractivity contribution >= 4 is 5.91 Å². The highest BCUT2D eigenvalue weighted by Gasteiger charge is 2.19. The predicted molar refractivity (Wildman–Crippen MR) is 119 cm³/mol. The molecule has 0 saturated carbocycles. The van der Waals surface area contributed by atoms with E-state index in [0.717, 1.165) is 48.5 Å². The van der Waals surface area contributed by atoms with Crippen molar-refractivity contribution in [2.24, 2.45) is 0 Å². The normalized spacial score (nSPS) is 13.8. The van der Waals surface area contributed by atoms with E-state index in [0.29, 0.717) is 13.0 Å². The molecule has 0 saturated heterocycles. The van der Waals surface area contributed by atoms with Crippen LogP contribution in [0, 0.1) is 0 Å². The summed E-state index contributed by atoms with van der Waals surface area (Å²) in [6.45, 7) is 2.59. The number of benzene rings is 2. The molecule has 1 amide bonds. The monoisotopic (exact) mass is 411 g/mol. The van der Waals surface area contributed by atoms with E-state index in [-0.39, 0.29) is 5.91 Å². The maximum atomic E-state index is 12.6. The van der Waals surface area contributed by atoms with Gasteiger partial charge in [-0.25, -0.2) is 0 Å². The number of ether oxygens (including phenoxy) is 3. The Labute approximate surface area is 179 Å². The van der Waals surface area contributed by atoms with Gasteiger partial charge in [-0.2, -0.15) is 0 Å². The number of nitrogens with one attached hydrogen (secondary N) is 1. The number of hydrogen-bond acceptors (Lipinski definition) is 4. The third kappa shape index (κ3) is 5.68. The van der Waals surface area contributed by atoms with Crippen LogP contribution in [-0.2, 0) is 24.1 Å². The van der Waals surface area contributed by atoms with E-state index in [1.807, 2.05) is 31.2 Å². The van der Waals surface area contributed by atoms with Crippen molar-refractivity contribution in [2.45, 2.75) is 58.0 Å². The van der Waals surface area contributed by atoms with Gasteiger partial charge in [-0.05, 0) is 85.9 Å². The van der Waals surface area contributed by atoms with Crippen LogP contribution in [0.4, 0.5) is 0 Å². The van der Waals surface area contributed by atoms with Crippen LogP contribution in [0.25, 0.3) is 0 Å². The summed E-state index contributed by atoms with van der Waals surface area (Å²) in [5, 5.41) is 3.02. The summed E-state index contributed by atoms with van der Waals surface area (Å²) < 4.78 is 16.6. The average molecular weight is 412 g/mol. The lowest BCUT2D eigenvalue weighted by Gasteiger charge is -2.20. The van der Waals surface area contributed by atoms with Gasteiger partial charge in [0.05, 0.1) is 14.2 Å². The lowest BCUT2D eigenvalue weighted by atomic mass is 9.92. The Hall–Kier alpha value is -2.69. The molecule has 162 valence electrons. The van der Waals surface area contributed by atoms with Crippen LogP contribution in [0.1, 0.15) is 49.3 Å². The molecule has 1 atom stereocenters. The molecule has 0 aliphatic heterocycles. The summed E-state index contributed by atoms with van der Waals surface area (Å²) in [4.78, 5) is 12.6. The van der Waals surface area contributed by atoms with Gasteiger partial charge < -0.3 is 19.5 Å². The molecule has 30 heavy (non-hydrogen) atoms. The fourth-order valence-electron chi connectivity index (χ4n) is 3.92. The lowest BCUT2D eigenvalue weighted by molar-refractivity contribution is -0.128. The molecule has 0 radical (unpaired) electrons. The molecule has 0 bridgehead atoms. The zero-order valence-electron chi connectivity index (χ0n) is 18.3. The highest BCUT2D eigenvalue weighted by atomic mass is 16.5. The van der Waals surface area contributed by atoms with Gasteiger partial charge in [-0.15, -0.1) is 0 Å². The van der Waals surface area contributed by atoms with E-state index in [1.165, 1.54) is 24.0 Å². The second-order valence-corrected chi connectivity index (χ2v) is 7.74. The first-order valence-electron chi connectivity index (χ1n) is 10.9. The summed E-state index contributed by atoms with van der Waals surface area (Å²) in [6, 6.07) is 12.2. The molecule has 3 rings (SSSR count). The maximum Gasteiger partial charge on any atom is 0.261 e. The summed E-state index contributed by atoms with van der Waals surface area (Å²) in [7, 11) is 3.26. The van der Waals surface area contributed by atoms with Crippen molar-refractivity contribution in [1.29, 1.82) is 0 Å². The molecule has 1 aliphatic carbocycles. The minimum atomic E-state index is -0.465. The zero-order chi connectivity index (χ0) is 21.3. The summed E-state index contributed by atoms with van der Waals surface area (Å²) in [5.74, 6) is 2.19. The van der Waals surface area contributed by atoms with Gasteiger partial charge in [0.1, 0.15) is 5.75 Å².